The van der Waals surface area contributed by atoms with Crippen molar-refractivity contribution in [2.24, 2.45) is 0 Å². The van der Waals surface area contributed by atoms with E-state index in [1.807, 2.05) is 0 Å². The van der Waals surface area contributed by atoms with E-state index in [2.05, 4.69) is 5.32 Å². The molecule has 1 aliphatic heterocycles. The number of halogens is 2. The standard InChI is InChI=1S/C15H13Cl2NO2/c16-8-4-5-9(11(17)6-8)10-7-14(20)18-12-2-1-3-13(19)15(10)12/h4-6,10H,1-3,7H2,(H,18,20). The van der Waals surface area contributed by atoms with Crippen molar-refractivity contribution in [3.8, 4) is 0 Å². The zero-order chi connectivity index (χ0) is 14.3. The number of hydrogen-bond acceptors (Lipinski definition) is 2. The molecule has 3 rings (SSSR count). The van der Waals surface area contributed by atoms with Crippen LogP contribution in [0.3, 0.4) is 0 Å². The van der Waals surface area contributed by atoms with Gasteiger partial charge in [-0.25, -0.2) is 0 Å². The molecular weight excluding hydrogens is 297 g/mol. The van der Waals surface area contributed by atoms with Crippen molar-refractivity contribution < 1.29 is 9.59 Å². The molecule has 3 nitrogen and oxygen atoms in total. The van der Waals surface area contributed by atoms with Crippen LogP contribution in [-0.4, -0.2) is 11.7 Å². The Morgan fingerprint density at radius 1 is 1.15 bits per heavy atom. The van der Waals surface area contributed by atoms with E-state index in [1.54, 1.807) is 18.2 Å². The van der Waals surface area contributed by atoms with Crippen LogP contribution in [-0.2, 0) is 9.59 Å². The molecule has 0 spiro atoms. The molecular formula is C15H13Cl2NO2. The number of allylic oxidation sites excluding steroid dienone is 2. The molecule has 0 bridgehead atoms. The van der Waals surface area contributed by atoms with E-state index < -0.39 is 0 Å². The largest absolute Gasteiger partial charge is 0.329 e. The lowest BCUT2D eigenvalue weighted by molar-refractivity contribution is -0.122. The van der Waals surface area contributed by atoms with Crippen LogP contribution in [0.2, 0.25) is 10.0 Å². The minimum Gasteiger partial charge on any atom is -0.329 e. The smallest absolute Gasteiger partial charge is 0.225 e. The lowest BCUT2D eigenvalue weighted by Crippen LogP contribution is -2.36. The minimum absolute atomic E-state index is 0.0607. The summed E-state index contributed by atoms with van der Waals surface area (Å²) in [7, 11) is 0. The van der Waals surface area contributed by atoms with Crippen molar-refractivity contribution in [1.82, 2.24) is 5.32 Å². The second-order valence-corrected chi connectivity index (χ2v) is 5.98. The van der Waals surface area contributed by atoms with Crippen LogP contribution < -0.4 is 5.32 Å². The van der Waals surface area contributed by atoms with Crippen LogP contribution >= 0.6 is 23.2 Å². The van der Waals surface area contributed by atoms with E-state index in [-0.39, 0.29) is 24.0 Å². The second-order valence-electron chi connectivity index (χ2n) is 5.14. The highest BCUT2D eigenvalue weighted by molar-refractivity contribution is 6.35. The number of benzene rings is 1. The maximum Gasteiger partial charge on any atom is 0.225 e. The zero-order valence-electron chi connectivity index (χ0n) is 10.7. The molecule has 20 heavy (non-hydrogen) atoms. The van der Waals surface area contributed by atoms with Gasteiger partial charge in [0.05, 0.1) is 0 Å². The van der Waals surface area contributed by atoms with Crippen LogP contribution in [0.5, 0.6) is 0 Å². The number of rotatable bonds is 1. The van der Waals surface area contributed by atoms with Crippen LogP contribution in [0.4, 0.5) is 0 Å². The molecule has 0 fully saturated rings. The van der Waals surface area contributed by atoms with Crippen molar-refractivity contribution in [3.63, 3.8) is 0 Å². The summed E-state index contributed by atoms with van der Waals surface area (Å²) >= 11 is 12.1. The van der Waals surface area contributed by atoms with Crippen molar-refractivity contribution in [3.05, 3.63) is 45.1 Å². The van der Waals surface area contributed by atoms with Gasteiger partial charge >= 0.3 is 0 Å². The Morgan fingerprint density at radius 2 is 1.95 bits per heavy atom. The molecule has 1 aromatic rings. The summed E-state index contributed by atoms with van der Waals surface area (Å²) in [5.41, 5.74) is 2.29. The highest BCUT2D eigenvalue weighted by Crippen LogP contribution is 2.40. The molecule has 2 aliphatic rings. The Hall–Kier alpha value is -1.32. The second kappa shape index (κ2) is 5.23. The van der Waals surface area contributed by atoms with E-state index in [0.29, 0.717) is 16.5 Å². The van der Waals surface area contributed by atoms with Crippen LogP contribution in [0.1, 0.15) is 37.2 Å². The first-order valence-electron chi connectivity index (χ1n) is 6.57. The summed E-state index contributed by atoms with van der Waals surface area (Å²) in [6.07, 6.45) is 2.33. The molecule has 1 aromatic carbocycles. The fraction of sp³-hybridized carbons (Fsp3) is 0.333. The van der Waals surface area contributed by atoms with Gasteiger partial charge in [-0.2, -0.15) is 0 Å². The molecule has 0 aromatic heterocycles. The van der Waals surface area contributed by atoms with Crippen molar-refractivity contribution in [1.29, 1.82) is 0 Å². The topological polar surface area (TPSA) is 46.2 Å². The summed E-state index contributed by atoms with van der Waals surface area (Å²) in [6, 6.07) is 5.20. The number of nitrogens with one attached hydrogen (secondary N) is 1. The summed E-state index contributed by atoms with van der Waals surface area (Å²) in [5.74, 6) is -0.201. The predicted octanol–water partition coefficient (Wildman–Crippen LogP) is 3.60. The molecule has 104 valence electrons. The van der Waals surface area contributed by atoms with E-state index in [1.165, 1.54) is 0 Å². The number of Topliss-reactive ketones (excluding diaryl/α,β-unsaturated/α-hetero) is 1. The van der Waals surface area contributed by atoms with E-state index in [4.69, 9.17) is 23.2 Å². The van der Waals surface area contributed by atoms with Gasteiger partial charge in [0.2, 0.25) is 5.91 Å². The third kappa shape index (κ3) is 2.36. The van der Waals surface area contributed by atoms with E-state index in [9.17, 15) is 9.59 Å². The summed E-state index contributed by atoms with van der Waals surface area (Å²) < 4.78 is 0. The average molecular weight is 310 g/mol. The molecule has 1 N–H and O–H groups in total. The Balaban J connectivity index is 2.10. The molecule has 0 radical (unpaired) electrons. The molecule has 0 saturated heterocycles. The molecule has 0 saturated carbocycles. The lowest BCUT2D eigenvalue weighted by atomic mass is 9.78. The maximum absolute atomic E-state index is 12.2. The number of carbonyl (C=O) groups is 2. The third-order valence-electron chi connectivity index (χ3n) is 3.82. The van der Waals surface area contributed by atoms with Crippen LogP contribution in [0.15, 0.2) is 29.5 Å². The Morgan fingerprint density at radius 3 is 2.70 bits per heavy atom. The first-order chi connectivity index (χ1) is 9.56. The number of ketones is 1. The molecule has 1 amide bonds. The van der Waals surface area contributed by atoms with Crippen LogP contribution in [0.25, 0.3) is 0 Å². The van der Waals surface area contributed by atoms with Gasteiger partial charge in [0.25, 0.3) is 0 Å². The van der Waals surface area contributed by atoms with Gasteiger partial charge in [0.1, 0.15) is 0 Å². The van der Waals surface area contributed by atoms with Gasteiger partial charge in [-0.1, -0.05) is 29.3 Å². The third-order valence-corrected chi connectivity index (χ3v) is 4.38. The molecule has 1 heterocycles. The van der Waals surface area contributed by atoms with Crippen LogP contribution in [0, 0.1) is 0 Å². The van der Waals surface area contributed by atoms with Gasteiger partial charge in [0.15, 0.2) is 5.78 Å². The summed E-state index contributed by atoms with van der Waals surface area (Å²) in [5, 5.41) is 3.88. The van der Waals surface area contributed by atoms with Gasteiger partial charge in [-0.15, -0.1) is 0 Å². The zero-order valence-corrected chi connectivity index (χ0v) is 12.2. The molecule has 1 unspecified atom stereocenters. The first-order valence-corrected chi connectivity index (χ1v) is 7.33. The van der Waals surface area contributed by atoms with Gasteiger partial charge < -0.3 is 5.32 Å². The number of hydrogen-bond donors (Lipinski definition) is 1. The average Bonchev–Trinajstić information content (AvgIpc) is 2.37. The highest BCUT2D eigenvalue weighted by Gasteiger charge is 2.35. The Labute approximate surface area is 126 Å². The Bertz CT molecular complexity index is 637. The minimum atomic E-state index is -0.253. The quantitative estimate of drug-likeness (QED) is 0.861. The molecule has 1 atom stereocenters. The SMILES string of the molecule is O=C1CC(c2ccc(Cl)cc2Cl)C2=C(CCCC2=O)N1. The Kier molecular flexibility index (Phi) is 3.57. The van der Waals surface area contributed by atoms with Gasteiger partial charge in [0, 0.05) is 40.1 Å². The van der Waals surface area contributed by atoms with Crippen molar-refractivity contribution in [2.75, 3.05) is 0 Å². The van der Waals surface area contributed by atoms with Crippen molar-refractivity contribution in [2.45, 2.75) is 31.6 Å². The highest BCUT2D eigenvalue weighted by atomic mass is 35.5. The van der Waals surface area contributed by atoms with Gasteiger partial charge in [-0.3, -0.25) is 9.59 Å². The van der Waals surface area contributed by atoms with Gasteiger partial charge in [-0.05, 0) is 30.5 Å². The monoisotopic (exact) mass is 309 g/mol. The van der Waals surface area contributed by atoms with Crippen molar-refractivity contribution >= 4 is 34.9 Å². The number of carbonyl (C=O) groups excluding carboxylic acids is 2. The fourth-order valence-corrected chi connectivity index (χ4v) is 3.49. The summed E-state index contributed by atoms with van der Waals surface area (Å²) in [6.45, 7) is 0. The predicted molar refractivity (Wildman–Crippen MR) is 77.8 cm³/mol. The molecule has 5 heteroatoms. The normalized spacial score (nSPS) is 22.6. The first kappa shape index (κ1) is 13.7. The van der Waals surface area contributed by atoms with E-state index >= 15 is 0 Å². The maximum atomic E-state index is 12.2. The number of amides is 1. The fourth-order valence-electron chi connectivity index (χ4n) is 2.95. The summed E-state index contributed by atoms with van der Waals surface area (Å²) in [4.78, 5) is 24.1. The van der Waals surface area contributed by atoms with E-state index in [0.717, 1.165) is 29.7 Å². The lowest BCUT2D eigenvalue weighted by Gasteiger charge is -2.31. The molecule has 1 aliphatic carbocycles.